The Morgan fingerprint density at radius 2 is 1.72 bits per heavy atom. The fourth-order valence-corrected chi connectivity index (χ4v) is 6.81. The average molecular weight is 693 g/mol. The zero-order valence-corrected chi connectivity index (χ0v) is 27.7. The van der Waals surface area contributed by atoms with E-state index in [1.165, 1.54) is 23.4 Å². The maximum Gasteiger partial charge on any atom is 0.257 e. The number of nitriles is 1. The molecule has 2 aromatic carbocycles. The molecule has 13 heteroatoms. The number of hydrogen-bond acceptors (Lipinski definition) is 7. The van der Waals surface area contributed by atoms with Crippen LogP contribution in [0.3, 0.4) is 0 Å². The van der Waals surface area contributed by atoms with Gasteiger partial charge in [0.2, 0.25) is 0 Å². The first-order valence-electron chi connectivity index (χ1n) is 14.9. The number of hydrogen-bond donors (Lipinski definition) is 1. The highest BCUT2D eigenvalue weighted by Gasteiger charge is 2.58. The predicted octanol–water partition coefficient (Wildman–Crippen LogP) is 6.55. The Balaban J connectivity index is 0.00000417. The SMILES string of the molecule is CCC(O)(c1cc(F)c2c(c1)C(=O)N(Cc1ncc(Cl)cn1)[C@@]2(OCC1(C#N)CC1)c1ccc(Cl)cc1)C1(F)CCN(C)CC1.Cl. The molecule has 2 atom stereocenters. The van der Waals surface area contributed by atoms with Crippen LogP contribution in [-0.4, -0.2) is 63.2 Å². The quantitative estimate of drug-likeness (QED) is 0.271. The second-order valence-corrected chi connectivity index (χ2v) is 13.3. The Kier molecular flexibility index (Phi) is 9.43. The van der Waals surface area contributed by atoms with Gasteiger partial charge in [-0.15, -0.1) is 12.4 Å². The number of amides is 1. The lowest BCUT2D eigenvalue weighted by Gasteiger charge is -2.46. The number of carbonyl (C=O) groups is 1. The summed E-state index contributed by atoms with van der Waals surface area (Å²) in [5, 5.41) is 22.5. The molecule has 0 radical (unpaired) electrons. The third-order valence-electron chi connectivity index (χ3n) is 9.65. The standard InChI is InChI=1S/C33H33Cl2F2N5O3.ClH/c1-3-32(44,31(37)10-12-41(2)13-11-31)22-14-25-28(26(36)15-22)33(21-4-6-23(34)7-5-21,45-20-30(19-38)8-9-30)42(29(25)43)18-27-39-16-24(35)17-40-27;/h4-7,14-17,44H,3,8-13,18,20H2,1-2H3;1H/t32?,33-;/m1./s1. The summed E-state index contributed by atoms with van der Waals surface area (Å²) in [6.07, 6.45) is 4.04. The number of benzene rings is 2. The van der Waals surface area contributed by atoms with E-state index in [4.69, 9.17) is 27.9 Å². The summed E-state index contributed by atoms with van der Waals surface area (Å²) < 4.78 is 40.1. The number of alkyl halides is 1. The van der Waals surface area contributed by atoms with Gasteiger partial charge in [-0.05, 0) is 69.0 Å². The minimum absolute atomic E-state index is 0. The van der Waals surface area contributed by atoms with Crippen LogP contribution >= 0.6 is 35.6 Å². The second kappa shape index (κ2) is 12.6. The van der Waals surface area contributed by atoms with Crippen molar-refractivity contribution in [2.45, 2.75) is 62.6 Å². The van der Waals surface area contributed by atoms with E-state index in [0.717, 1.165) is 6.07 Å². The molecular formula is C33H34Cl3F2N5O3. The van der Waals surface area contributed by atoms with Crippen LogP contribution in [0.25, 0.3) is 0 Å². The molecule has 2 fully saturated rings. The molecule has 244 valence electrons. The van der Waals surface area contributed by atoms with Crippen molar-refractivity contribution in [3.8, 4) is 6.07 Å². The van der Waals surface area contributed by atoms with Gasteiger partial charge in [-0.1, -0.05) is 42.3 Å². The van der Waals surface area contributed by atoms with Gasteiger partial charge >= 0.3 is 0 Å². The highest BCUT2D eigenvalue weighted by atomic mass is 35.5. The van der Waals surface area contributed by atoms with Gasteiger partial charge in [0.15, 0.2) is 5.72 Å². The fourth-order valence-electron chi connectivity index (χ4n) is 6.58. The summed E-state index contributed by atoms with van der Waals surface area (Å²) in [4.78, 5) is 26.3. The molecule has 3 heterocycles. The Bertz CT molecular complexity index is 1660. The molecule has 1 N–H and O–H groups in total. The molecule has 0 spiro atoms. The Labute approximate surface area is 282 Å². The highest BCUT2D eigenvalue weighted by molar-refractivity contribution is 6.30. The first-order valence-corrected chi connectivity index (χ1v) is 15.7. The number of nitrogens with zero attached hydrogens (tertiary/aromatic N) is 5. The molecule has 8 nitrogen and oxygen atoms in total. The van der Waals surface area contributed by atoms with Gasteiger partial charge in [0.25, 0.3) is 5.91 Å². The lowest BCUT2D eigenvalue weighted by atomic mass is 9.71. The van der Waals surface area contributed by atoms with Gasteiger partial charge in [-0.25, -0.2) is 18.7 Å². The molecule has 3 aliphatic rings. The molecule has 1 aliphatic carbocycles. The van der Waals surface area contributed by atoms with Gasteiger partial charge in [0.05, 0.1) is 40.8 Å². The molecule has 1 amide bonds. The van der Waals surface area contributed by atoms with Crippen molar-refractivity contribution in [1.82, 2.24) is 19.8 Å². The van der Waals surface area contributed by atoms with Gasteiger partial charge in [0.1, 0.15) is 22.9 Å². The summed E-state index contributed by atoms with van der Waals surface area (Å²) in [6, 6.07) is 11.3. The van der Waals surface area contributed by atoms with Crippen LogP contribution in [0.15, 0.2) is 48.8 Å². The third kappa shape index (κ3) is 5.65. The van der Waals surface area contributed by atoms with E-state index in [-0.39, 0.29) is 67.3 Å². The van der Waals surface area contributed by atoms with E-state index in [1.54, 1.807) is 31.2 Å². The van der Waals surface area contributed by atoms with Crippen LogP contribution < -0.4 is 0 Å². The highest BCUT2D eigenvalue weighted by Crippen LogP contribution is 2.53. The van der Waals surface area contributed by atoms with E-state index in [0.29, 0.717) is 41.5 Å². The van der Waals surface area contributed by atoms with E-state index in [9.17, 15) is 15.2 Å². The molecule has 46 heavy (non-hydrogen) atoms. The second-order valence-electron chi connectivity index (χ2n) is 12.4. The van der Waals surface area contributed by atoms with E-state index in [1.807, 2.05) is 11.9 Å². The largest absolute Gasteiger partial charge is 0.382 e. The summed E-state index contributed by atoms with van der Waals surface area (Å²) in [6.45, 7) is 2.20. The van der Waals surface area contributed by atoms with Crippen LogP contribution in [-0.2, 0) is 22.6 Å². The van der Waals surface area contributed by atoms with Crippen molar-refractivity contribution in [3.63, 3.8) is 0 Å². The maximum absolute atomic E-state index is 16.8. The van der Waals surface area contributed by atoms with E-state index < -0.39 is 34.1 Å². The molecule has 1 saturated heterocycles. The number of aliphatic hydroxyl groups is 1. The molecule has 0 bridgehead atoms. The predicted molar refractivity (Wildman–Crippen MR) is 171 cm³/mol. The number of aromatic nitrogens is 2. The summed E-state index contributed by atoms with van der Waals surface area (Å²) in [5.74, 6) is -1.27. The Morgan fingerprint density at radius 1 is 1.09 bits per heavy atom. The van der Waals surface area contributed by atoms with Crippen molar-refractivity contribution < 1.29 is 23.4 Å². The van der Waals surface area contributed by atoms with Gasteiger partial charge in [-0.2, -0.15) is 5.26 Å². The lowest BCUT2D eigenvalue weighted by Crippen LogP contribution is -2.54. The van der Waals surface area contributed by atoms with E-state index in [2.05, 4.69) is 16.0 Å². The normalized spacial score (nSPS) is 22.8. The van der Waals surface area contributed by atoms with Crippen molar-refractivity contribution in [3.05, 3.63) is 92.7 Å². The monoisotopic (exact) mass is 691 g/mol. The zero-order chi connectivity index (χ0) is 32.2. The topological polar surface area (TPSA) is 103 Å². The molecule has 3 aromatic rings. The number of halogens is 5. The third-order valence-corrected chi connectivity index (χ3v) is 10.1. The average Bonchev–Trinajstić information content (AvgIpc) is 3.79. The smallest absolute Gasteiger partial charge is 0.257 e. The summed E-state index contributed by atoms with van der Waals surface area (Å²) >= 11 is 12.3. The van der Waals surface area contributed by atoms with Crippen molar-refractivity contribution in [2.75, 3.05) is 26.7 Å². The minimum atomic E-state index is -2.06. The van der Waals surface area contributed by atoms with Crippen LogP contribution in [0.4, 0.5) is 8.78 Å². The number of rotatable bonds is 9. The first-order chi connectivity index (χ1) is 21.4. The van der Waals surface area contributed by atoms with Gasteiger partial charge in [0, 0.05) is 36.1 Å². The first kappa shape index (κ1) is 34.4. The van der Waals surface area contributed by atoms with Gasteiger partial charge < -0.3 is 14.7 Å². The molecule has 1 aromatic heterocycles. The van der Waals surface area contributed by atoms with Crippen LogP contribution in [0.1, 0.15) is 71.9 Å². The Hall–Kier alpha value is -2.91. The number of likely N-dealkylation sites (tertiary alicyclic amines) is 1. The Morgan fingerprint density at radius 3 is 2.28 bits per heavy atom. The molecule has 1 saturated carbocycles. The van der Waals surface area contributed by atoms with Crippen molar-refractivity contribution >= 4 is 41.5 Å². The zero-order valence-electron chi connectivity index (χ0n) is 25.4. The summed E-state index contributed by atoms with van der Waals surface area (Å²) in [7, 11) is 1.88. The van der Waals surface area contributed by atoms with Crippen molar-refractivity contribution in [1.29, 1.82) is 5.26 Å². The lowest BCUT2D eigenvalue weighted by molar-refractivity contribution is -0.136. The molecule has 1 unspecified atom stereocenters. The number of ether oxygens (including phenoxy) is 1. The van der Waals surface area contributed by atoms with E-state index >= 15 is 8.78 Å². The number of fused-ring (bicyclic) bond motifs is 1. The summed E-state index contributed by atoms with van der Waals surface area (Å²) in [5.41, 5.74) is -6.55. The van der Waals surface area contributed by atoms with Crippen LogP contribution in [0, 0.1) is 22.6 Å². The molecular weight excluding hydrogens is 659 g/mol. The number of piperidine rings is 1. The van der Waals surface area contributed by atoms with Crippen LogP contribution in [0.5, 0.6) is 0 Å². The minimum Gasteiger partial charge on any atom is -0.382 e. The number of carbonyl (C=O) groups excluding carboxylic acids is 1. The van der Waals surface area contributed by atoms with Crippen LogP contribution in [0.2, 0.25) is 10.0 Å². The molecule has 2 aliphatic heterocycles. The fraction of sp³-hybridized carbons (Fsp3) is 0.455. The molecule has 6 rings (SSSR count). The van der Waals surface area contributed by atoms with Crippen molar-refractivity contribution in [2.24, 2.45) is 5.41 Å². The maximum atomic E-state index is 16.8. The van der Waals surface area contributed by atoms with Gasteiger partial charge in [-0.3, -0.25) is 9.69 Å².